The van der Waals surface area contributed by atoms with Gasteiger partial charge in [0.1, 0.15) is 5.54 Å². The molecule has 2 aromatic rings. The molecule has 3 aliphatic rings. The number of fused-ring (bicyclic) bond motifs is 4. The lowest BCUT2D eigenvalue weighted by Gasteiger charge is -2.28. The van der Waals surface area contributed by atoms with E-state index in [1.807, 2.05) is 37.3 Å². The van der Waals surface area contributed by atoms with Crippen molar-refractivity contribution in [2.75, 3.05) is 5.32 Å². The second kappa shape index (κ2) is 5.90. The zero-order chi connectivity index (χ0) is 19.6. The Bertz CT molecular complexity index is 1040. The molecular weight excluding hydrogens is 378 g/mol. The molecule has 3 amide bonds. The number of carbonyl (C=O) groups excluding carboxylic acids is 3. The van der Waals surface area contributed by atoms with Crippen LogP contribution < -0.4 is 16.0 Å². The summed E-state index contributed by atoms with van der Waals surface area (Å²) in [6.45, 7) is 1.83. The lowest BCUT2D eigenvalue weighted by molar-refractivity contribution is -0.132. The van der Waals surface area contributed by atoms with Gasteiger partial charge in [-0.3, -0.25) is 25.0 Å². The SMILES string of the molecule is Cc1c(Cl)ccc2c1NC(=O)[C@]21N[C@H](Cc2ccccc2)[C@H]2C(=O)NC(=O)[C@H]21. The van der Waals surface area contributed by atoms with Gasteiger partial charge >= 0.3 is 0 Å². The third-order valence-corrected chi connectivity index (χ3v) is 6.63. The van der Waals surface area contributed by atoms with E-state index in [0.29, 0.717) is 22.7 Å². The quantitative estimate of drug-likeness (QED) is 0.678. The maximum absolute atomic E-state index is 13.2. The Morgan fingerprint density at radius 1 is 1.00 bits per heavy atom. The monoisotopic (exact) mass is 395 g/mol. The van der Waals surface area contributed by atoms with Crippen molar-refractivity contribution in [2.24, 2.45) is 11.8 Å². The highest BCUT2D eigenvalue weighted by Gasteiger charge is 2.68. The number of benzene rings is 2. The highest BCUT2D eigenvalue weighted by Crippen LogP contribution is 2.52. The van der Waals surface area contributed by atoms with Gasteiger partial charge in [0.15, 0.2) is 0 Å². The summed E-state index contributed by atoms with van der Waals surface area (Å²) in [7, 11) is 0. The first-order valence-electron chi connectivity index (χ1n) is 9.21. The third-order valence-electron chi connectivity index (χ3n) is 6.22. The normalized spacial score (nSPS) is 30.4. The van der Waals surface area contributed by atoms with Crippen LogP contribution in [0.1, 0.15) is 16.7 Å². The standard InChI is InChI=1S/C21H18ClN3O3/c1-10-13(22)8-7-12-17(10)23-20(28)21(12)16-15(18(26)24-19(16)27)14(25-21)9-11-5-3-2-4-6-11/h2-8,14-16,25H,9H2,1H3,(H,23,28)(H,24,26,27)/t14-,15-,16+,21+/m1/s1. The van der Waals surface area contributed by atoms with Crippen molar-refractivity contribution < 1.29 is 14.4 Å². The second-order valence-corrected chi connectivity index (χ2v) is 8.06. The van der Waals surface area contributed by atoms with Gasteiger partial charge in [-0.2, -0.15) is 0 Å². The summed E-state index contributed by atoms with van der Waals surface area (Å²) in [4.78, 5) is 38.6. The topological polar surface area (TPSA) is 87.3 Å². The van der Waals surface area contributed by atoms with Crippen LogP contribution in [0.4, 0.5) is 5.69 Å². The van der Waals surface area contributed by atoms with Crippen LogP contribution in [0.3, 0.4) is 0 Å². The Morgan fingerprint density at radius 2 is 1.75 bits per heavy atom. The molecule has 28 heavy (non-hydrogen) atoms. The highest BCUT2D eigenvalue weighted by molar-refractivity contribution is 6.32. The number of hydrogen-bond acceptors (Lipinski definition) is 4. The summed E-state index contributed by atoms with van der Waals surface area (Å²) >= 11 is 6.23. The van der Waals surface area contributed by atoms with Crippen LogP contribution in [-0.4, -0.2) is 23.8 Å². The summed E-state index contributed by atoms with van der Waals surface area (Å²) in [6.07, 6.45) is 0.541. The van der Waals surface area contributed by atoms with E-state index in [1.54, 1.807) is 12.1 Å². The fraction of sp³-hybridized carbons (Fsp3) is 0.286. The molecule has 5 rings (SSSR count). The van der Waals surface area contributed by atoms with E-state index in [9.17, 15) is 14.4 Å². The van der Waals surface area contributed by atoms with Crippen LogP contribution >= 0.6 is 11.6 Å². The summed E-state index contributed by atoms with van der Waals surface area (Å²) in [5.41, 5.74) is 1.81. The Labute approximate surface area is 166 Å². The van der Waals surface area contributed by atoms with Gasteiger partial charge in [0.2, 0.25) is 17.7 Å². The van der Waals surface area contributed by atoms with Crippen molar-refractivity contribution in [3.8, 4) is 0 Å². The minimum atomic E-state index is -1.27. The molecule has 2 aromatic carbocycles. The van der Waals surface area contributed by atoms with Crippen LogP contribution in [0.15, 0.2) is 42.5 Å². The Morgan fingerprint density at radius 3 is 2.50 bits per heavy atom. The first kappa shape index (κ1) is 17.4. The van der Waals surface area contributed by atoms with E-state index in [2.05, 4.69) is 16.0 Å². The minimum absolute atomic E-state index is 0.316. The summed E-state index contributed by atoms with van der Waals surface area (Å²) in [6, 6.07) is 12.9. The summed E-state index contributed by atoms with van der Waals surface area (Å²) in [5, 5.41) is 9.27. The highest BCUT2D eigenvalue weighted by atomic mass is 35.5. The number of imide groups is 1. The van der Waals surface area contributed by atoms with E-state index in [0.717, 1.165) is 11.1 Å². The van der Waals surface area contributed by atoms with Crippen LogP contribution in [0, 0.1) is 18.8 Å². The average Bonchev–Trinajstić information content (AvgIpc) is 3.26. The molecule has 0 aliphatic carbocycles. The molecule has 6 nitrogen and oxygen atoms in total. The fourth-order valence-corrected chi connectivity index (χ4v) is 5.12. The Kier molecular flexibility index (Phi) is 3.66. The first-order chi connectivity index (χ1) is 13.4. The molecule has 142 valence electrons. The van der Waals surface area contributed by atoms with Gasteiger partial charge < -0.3 is 5.32 Å². The summed E-state index contributed by atoms with van der Waals surface area (Å²) < 4.78 is 0. The molecule has 3 heterocycles. The van der Waals surface area contributed by atoms with E-state index in [1.165, 1.54) is 0 Å². The summed E-state index contributed by atoms with van der Waals surface area (Å²) in [5.74, 6) is -2.46. The minimum Gasteiger partial charge on any atom is -0.324 e. The van der Waals surface area contributed by atoms with Crippen molar-refractivity contribution in [1.82, 2.24) is 10.6 Å². The molecule has 3 aliphatic heterocycles. The van der Waals surface area contributed by atoms with Gasteiger partial charge in [-0.1, -0.05) is 48.0 Å². The van der Waals surface area contributed by atoms with Crippen LogP contribution in [0.5, 0.6) is 0 Å². The third kappa shape index (κ3) is 2.16. The van der Waals surface area contributed by atoms with E-state index >= 15 is 0 Å². The van der Waals surface area contributed by atoms with Gasteiger partial charge in [-0.15, -0.1) is 0 Å². The van der Waals surface area contributed by atoms with Crippen molar-refractivity contribution in [3.05, 3.63) is 64.2 Å². The number of hydrogen-bond donors (Lipinski definition) is 3. The molecule has 3 N–H and O–H groups in total. The molecule has 4 atom stereocenters. The second-order valence-electron chi connectivity index (χ2n) is 7.65. The Balaban J connectivity index is 1.65. The van der Waals surface area contributed by atoms with Crippen molar-refractivity contribution >= 4 is 35.0 Å². The predicted octanol–water partition coefficient (Wildman–Crippen LogP) is 1.90. The molecule has 2 fully saturated rings. The van der Waals surface area contributed by atoms with Crippen molar-refractivity contribution in [2.45, 2.75) is 24.9 Å². The lowest BCUT2D eigenvalue weighted by atomic mass is 9.76. The average molecular weight is 396 g/mol. The van der Waals surface area contributed by atoms with Crippen LogP contribution in [-0.2, 0) is 26.3 Å². The molecular formula is C21H18ClN3O3. The molecule has 0 saturated carbocycles. The zero-order valence-electron chi connectivity index (χ0n) is 15.1. The molecule has 0 unspecified atom stereocenters. The van der Waals surface area contributed by atoms with Gasteiger partial charge in [0.05, 0.1) is 17.5 Å². The molecule has 2 saturated heterocycles. The maximum Gasteiger partial charge on any atom is 0.250 e. The number of rotatable bonds is 2. The van der Waals surface area contributed by atoms with E-state index in [-0.39, 0.29) is 17.9 Å². The van der Waals surface area contributed by atoms with E-state index < -0.39 is 23.3 Å². The zero-order valence-corrected chi connectivity index (χ0v) is 15.8. The number of nitrogens with one attached hydrogen (secondary N) is 3. The van der Waals surface area contributed by atoms with Gasteiger partial charge in [-0.05, 0) is 30.5 Å². The molecule has 0 bridgehead atoms. The fourth-order valence-electron chi connectivity index (χ4n) is 4.96. The van der Waals surface area contributed by atoms with Crippen molar-refractivity contribution in [1.29, 1.82) is 0 Å². The predicted molar refractivity (Wildman–Crippen MR) is 104 cm³/mol. The first-order valence-corrected chi connectivity index (χ1v) is 9.58. The van der Waals surface area contributed by atoms with Gasteiger partial charge in [-0.25, -0.2) is 0 Å². The van der Waals surface area contributed by atoms with E-state index in [4.69, 9.17) is 11.6 Å². The molecule has 1 spiro atoms. The lowest BCUT2D eigenvalue weighted by Crippen LogP contribution is -2.53. The molecule has 0 radical (unpaired) electrons. The van der Waals surface area contributed by atoms with Gasteiger partial charge in [0.25, 0.3) is 0 Å². The van der Waals surface area contributed by atoms with Crippen molar-refractivity contribution in [3.63, 3.8) is 0 Å². The largest absolute Gasteiger partial charge is 0.324 e. The number of halogens is 1. The Hall–Kier alpha value is -2.70. The smallest absolute Gasteiger partial charge is 0.250 e. The van der Waals surface area contributed by atoms with Gasteiger partial charge in [0, 0.05) is 16.6 Å². The van der Waals surface area contributed by atoms with Crippen LogP contribution in [0.2, 0.25) is 5.02 Å². The maximum atomic E-state index is 13.2. The molecule has 0 aromatic heterocycles. The van der Waals surface area contributed by atoms with Crippen LogP contribution in [0.25, 0.3) is 0 Å². The number of anilines is 1. The molecule has 7 heteroatoms. The number of amides is 3. The number of carbonyl (C=O) groups is 3.